The fraction of sp³-hybridized carbons (Fsp3) is 0.0952. The lowest BCUT2D eigenvalue weighted by molar-refractivity contribution is -0.384. The molecule has 0 spiro atoms. The third kappa shape index (κ3) is 5.76. The molecule has 1 heterocycles. The molecule has 31 heavy (non-hydrogen) atoms. The van der Waals surface area contributed by atoms with Crippen LogP contribution in [0.25, 0.3) is 11.3 Å². The zero-order chi connectivity index (χ0) is 22.2. The molecule has 3 rings (SSSR count). The van der Waals surface area contributed by atoms with Crippen LogP contribution in [0, 0.1) is 10.1 Å². The lowest BCUT2D eigenvalue weighted by Gasteiger charge is -2.06. The van der Waals surface area contributed by atoms with Crippen molar-refractivity contribution in [2.45, 2.75) is 6.92 Å². The fourth-order valence-corrected chi connectivity index (χ4v) is 2.52. The van der Waals surface area contributed by atoms with Crippen molar-refractivity contribution < 1.29 is 23.7 Å². The van der Waals surface area contributed by atoms with Crippen LogP contribution in [0.1, 0.15) is 12.7 Å². The van der Waals surface area contributed by atoms with E-state index in [9.17, 15) is 19.7 Å². The maximum Gasteiger partial charge on any atom is 0.329 e. The summed E-state index contributed by atoms with van der Waals surface area (Å²) in [5.41, 5.74) is 3.16. The van der Waals surface area contributed by atoms with Gasteiger partial charge < -0.3 is 14.5 Å². The summed E-state index contributed by atoms with van der Waals surface area (Å²) < 4.78 is 10.9. The third-order valence-corrected chi connectivity index (χ3v) is 3.98. The molecule has 2 aromatic carbocycles. The van der Waals surface area contributed by atoms with Gasteiger partial charge in [0.2, 0.25) is 0 Å². The molecule has 10 nitrogen and oxygen atoms in total. The number of benzene rings is 2. The van der Waals surface area contributed by atoms with Gasteiger partial charge in [-0.3, -0.25) is 19.7 Å². The van der Waals surface area contributed by atoms with Crippen molar-refractivity contribution in [3.05, 3.63) is 76.5 Å². The predicted molar refractivity (Wildman–Crippen MR) is 113 cm³/mol. The molecule has 158 valence electrons. The molecular weight excluding hydrogens is 404 g/mol. The second-order valence-electron chi connectivity index (χ2n) is 6.12. The average molecular weight is 422 g/mol. The number of nitro groups is 1. The van der Waals surface area contributed by atoms with E-state index in [2.05, 4.69) is 15.8 Å². The first kappa shape index (κ1) is 21.2. The number of rotatable bonds is 7. The molecule has 1 aromatic heterocycles. The number of amides is 2. The van der Waals surface area contributed by atoms with Crippen LogP contribution in [0.3, 0.4) is 0 Å². The summed E-state index contributed by atoms with van der Waals surface area (Å²) in [6.07, 6.45) is 1.23. The number of ether oxygens (including phenoxy) is 1. The fourth-order valence-electron chi connectivity index (χ4n) is 2.52. The summed E-state index contributed by atoms with van der Waals surface area (Å²) in [6.45, 7) is 2.39. The number of hydrogen-bond acceptors (Lipinski definition) is 7. The van der Waals surface area contributed by atoms with Gasteiger partial charge in [-0.1, -0.05) is 0 Å². The quantitative estimate of drug-likeness (QED) is 0.259. The number of furan rings is 1. The molecule has 0 aliphatic heterocycles. The number of nitrogens with one attached hydrogen (secondary N) is 2. The summed E-state index contributed by atoms with van der Waals surface area (Å²) in [5.74, 6) is -0.391. The zero-order valence-corrected chi connectivity index (χ0v) is 16.4. The Kier molecular flexibility index (Phi) is 6.74. The van der Waals surface area contributed by atoms with Crippen molar-refractivity contribution in [2.75, 3.05) is 11.9 Å². The van der Waals surface area contributed by atoms with E-state index in [0.717, 1.165) is 0 Å². The molecule has 0 radical (unpaired) electrons. The zero-order valence-electron chi connectivity index (χ0n) is 16.4. The lowest BCUT2D eigenvalue weighted by atomic mass is 10.1. The molecule has 0 saturated heterocycles. The van der Waals surface area contributed by atoms with Gasteiger partial charge in [-0.25, -0.2) is 5.43 Å². The van der Waals surface area contributed by atoms with Crippen molar-refractivity contribution in [1.82, 2.24) is 5.43 Å². The van der Waals surface area contributed by atoms with Crippen LogP contribution < -0.4 is 15.5 Å². The summed E-state index contributed by atoms with van der Waals surface area (Å²) >= 11 is 0. The van der Waals surface area contributed by atoms with Crippen molar-refractivity contribution in [3.63, 3.8) is 0 Å². The molecule has 0 fully saturated rings. The molecule has 0 aliphatic carbocycles. The van der Waals surface area contributed by atoms with Gasteiger partial charge in [-0.15, -0.1) is 0 Å². The first-order valence-electron chi connectivity index (χ1n) is 9.18. The summed E-state index contributed by atoms with van der Waals surface area (Å²) in [5, 5.41) is 16.9. The second-order valence-corrected chi connectivity index (χ2v) is 6.12. The molecule has 0 saturated carbocycles. The number of nitrogens with zero attached hydrogens (tertiary/aromatic N) is 2. The predicted octanol–water partition coefficient (Wildman–Crippen LogP) is 3.34. The van der Waals surface area contributed by atoms with Gasteiger partial charge in [-0.2, -0.15) is 5.10 Å². The smallest absolute Gasteiger partial charge is 0.329 e. The van der Waals surface area contributed by atoms with Gasteiger partial charge in [0, 0.05) is 23.4 Å². The summed E-state index contributed by atoms with van der Waals surface area (Å²) in [6, 6.07) is 15.7. The van der Waals surface area contributed by atoms with E-state index in [4.69, 9.17) is 9.15 Å². The third-order valence-electron chi connectivity index (χ3n) is 3.98. The van der Waals surface area contributed by atoms with Gasteiger partial charge in [0.15, 0.2) is 0 Å². The van der Waals surface area contributed by atoms with Crippen LogP contribution >= 0.6 is 0 Å². The summed E-state index contributed by atoms with van der Waals surface area (Å²) in [4.78, 5) is 34.0. The Balaban J connectivity index is 1.53. The van der Waals surface area contributed by atoms with E-state index in [1.165, 1.54) is 18.3 Å². The SMILES string of the molecule is CCOc1ccc(NC(=O)C(=O)N/N=C\c2ccc(-c3ccc([N+](=O)[O-])cc3)o2)cc1. The highest BCUT2D eigenvalue weighted by molar-refractivity contribution is 6.39. The summed E-state index contributed by atoms with van der Waals surface area (Å²) in [7, 11) is 0. The Bertz CT molecular complexity index is 1100. The maximum absolute atomic E-state index is 11.9. The Hall–Kier alpha value is -4.47. The van der Waals surface area contributed by atoms with E-state index in [-0.39, 0.29) is 5.69 Å². The van der Waals surface area contributed by atoms with E-state index in [1.54, 1.807) is 48.5 Å². The Morgan fingerprint density at radius 2 is 1.77 bits per heavy atom. The molecule has 0 bridgehead atoms. The molecule has 0 atom stereocenters. The Morgan fingerprint density at radius 3 is 2.42 bits per heavy atom. The minimum absolute atomic E-state index is 0.0247. The van der Waals surface area contributed by atoms with Crippen LogP contribution in [0.15, 0.2) is 70.2 Å². The van der Waals surface area contributed by atoms with Crippen LogP contribution in [0.4, 0.5) is 11.4 Å². The highest BCUT2D eigenvalue weighted by Gasteiger charge is 2.13. The number of carbonyl (C=O) groups excluding carboxylic acids is 2. The highest BCUT2D eigenvalue weighted by atomic mass is 16.6. The van der Waals surface area contributed by atoms with Gasteiger partial charge in [0.25, 0.3) is 5.69 Å². The van der Waals surface area contributed by atoms with Crippen molar-refractivity contribution in [2.24, 2.45) is 5.10 Å². The van der Waals surface area contributed by atoms with Crippen LogP contribution in [0.5, 0.6) is 5.75 Å². The minimum atomic E-state index is -0.952. The van der Waals surface area contributed by atoms with Crippen LogP contribution in [-0.4, -0.2) is 29.6 Å². The van der Waals surface area contributed by atoms with E-state index in [1.807, 2.05) is 6.92 Å². The first-order valence-corrected chi connectivity index (χ1v) is 9.18. The molecule has 0 aliphatic rings. The molecule has 2 amide bonds. The van der Waals surface area contributed by atoms with Gasteiger partial charge in [-0.05, 0) is 55.5 Å². The van der Waals surface area contributed by atoms with Crippen molar-refractivity contribution in [1.29, 1.82) is 0 Å². The minimum Gasteiger partial charge on any atom is -0.494 e. The topological polar surface area (TPSA) is 136 Å². The van der Waals surface area contributed by atoms with Gasteiger partial charge in [0.05, 0.1) is 17.7 Å². The number of carbonyl (C=O) groups is 2. The van der Waals surface area contributed by atoms with Gasteiger partial charge in [0.1, 0.15) is 17.3 Å². The Morgan fingerprint density at radius 1 is 1.06 bits per heavy atom. The Labute approximate surface area is 176 Å². The number of nitro benzene ring substituents is 1. The monoisotopic (exact) mass is 422 g/mol. The van der Waals surface area contributed by atoms with Crippen molar-refractivity contribution in [3.8, 4) is 17.1 Å². The number of non-ortho nitro benzene ring substituents is 1. The van der Waals surface area contributed by atoms with E-state index < -0.39 is 16.7 Å². The molecule has 0 unspecified atom stereocenters. The molecule has 10 heteroatoms. The second kappa shape index (κ2) is 9.83. The van der Waals surface area contributed by atoms with Crippen LogP contribution in [0.2, 0.25) is 0 Å². The number of hydrazone groups is 1. The normalized spacial score (nSPS) is 10.6. The average Bonchev–Trinajstić information content (AvgIpc) is 3.24. The molecule has 3 aromatic rings. The lowest BCUT2D eigenvalue weighted by Crippen LogP contribution is -2.32. The number of anilines is 1. The van der Waals surface area contributed by atoms with Crippen molar-refractivity contribution >= 4 is 29.4 Å². The number of hydrogen-bond donors (Lipinski definition) is 2. The van der Waals surface area contributed by atoms with Gasteiger partial charge >= 0.3 is 11.8 Å². The maximum atomic E-state index is 11.9. The van der Waals surface area contributed by atoms with Crippen LogP contribution in [-0.2, 0) is 9.59 Å². The largest absolute Gasteiger partial charge is 0.494 e. The standard InChI is InChI=1S/C21H18N4O6/c1-2-30-17-9-5-15(6-10-17)23-20(26)21(27)24-22-13-18-11-12-19(31-18)14-3-7-16(8-4-14)25(28)29/h3-13H,2H2,1H3,(H,23,26)(H,24,27)/b22-13-. The molecular formula is C21H18N4O6. The van der Waals surface area contributed by atoms with E-state index in [0.29, 0.717) is 35.1 Å². The first-order chi connectivity index (χ1) is 15.0. The highest BCUT2D eigenvalue weighted by Crippen LogP contribution is 2.24. The molecule has 2 N–H and O–H groups in total. The van der Waals surface area contributed by atoms with E-state index >= 15 is 0 Å².